The number of halogens is 1. The highest BCUT2D eigenvalue weighted by molar-refractivity contribution is 5.97. The summed E-state index contributed by atoms with van der Waals surface area (Å²) in [7, 11) is 0. The third-order valence-corrected chi connectivity index (χ3v) is 4.65. The molecule has 0 atom stereocenters. The molecule has 0 saturated carbocycles. The summed E-state index contributed by atoms with van der Waals surface area (Å²) >= 11 is 0. The van der Waals surface area contributed by atoms with Gasteiger partial charge in [0.15, 0.2) is 0 Å². The Labute approximate surface area is 161 Å². The summed E-state index contributed by atoms with van der Waals surface area (Å²) in [5.41, 5.74) is 4.58. The zero-order chi connectivity index (χ0) is 19.3. The van der Waals surface area contributed by atoms with E-state index in [1.165, 1.54) is 6.07 Å². The molecule has 4 aromatic rings. The van der Waals surface area contributed by atoms with Gasteiger partial charge in [0.05, 0.1) is 0 Å². The lowest BCUT2D eigenvalue weighted by Crippen LogP contribution is -2.24. The van der Waals surface area contributed by atoms with E-state index in [9.17, 15) is 9.18 Å². The van der Waals surface area contributed by atoms with Crippen molar-refractivity contribution >= 4 is 16.9 Å². The normalized spacial score (nSPS) is 10.9. The topological polar surface area (TPSA) is 70.7 Å². The van der Waals surface area contributed by atoms with E-state index >= 15 is 0 Å². The first-order chi connectivity index (χ1) is 13.7. The Kier molecular flexibility index (Phi) is 5.10. The minimum Gasteiger partial charge on any atom is -0.352 e. The number of H-pyrrole nitrogens is 1. The number of benzene rings is 3. The summed E-state index contributed by atoms with van der Waals surface area (Å²) in [5, 5.41) is 13.4. The number of hydrogen-bond donors (Lipinski definition) is 2. The highest BCUT2D eigenvalue weighted by Crippen LogP contribution is 2.23. The van der Waals surface area contributed by atoms with Crippen LogP contribution in [-0.2, 0) is 6.42 Å². The summed E-state index contributed by atoms with van der Waals surface area (Å²) in [6.07, 6.45) is 1.65. The Hall–Kier alpha value is -3.54. The second-order valence-electron chi connectivity index (χ2n) is 6.56. The van der Waals surface area contributed by atoms with Gasteiger partial charge in [0.25, 0.3) is 5.91 Å². The van der Waals surface area contributed by atoms with Crippen molar-refractivity contribution in [2.45, 2.75) is 12.8 Å². The van der Waals surface area contributed by atoms with Crippen LogP contribution in [0, 0.1) is 5.82 Å². The smallest absolute Gasteiger partial charge is 0.251 e. The lowest BCUT2D eigenvalue weighted by molar-refractivity contribution is 0.0953. The molecule has 0 fully saturated rings. The summed E-state index contributed by atoms with van der Waals surface area (Å²) in [6.45, 7) is 0.574. The maximum atomic E-state index is 13.9. The van der Waals surface area contributed by atoms with Crippen LogP contribution in [0.3, 0.4) is 0 Å². The zero-order valence-corrected chi connectivity index (χ0v) is 15.2. The van der Waals surface area contributed by atoms with E-state index in [-0.39, 0.29) is 11.7 Å². The van der Waals surface area contributed by atoms with Gasteiger partial charge in [0.1, 0.15) is 16.9 Å². The number of aromatic nitrogens is 3. The fraction of sp³-hybridized carbons (Fsp3) is 0.136. The van der Waals surface area contributed by atoms with Gasteiger partial charge in [-0.3, -0.25) is 4.79 Å². The Bertz CT molecular complexity index is 1100. The maximum absolute atomic E-state index is 13.9. The number of hydrogen-bond acceptors (Lipinski definition) is 3. The fourth-order valence-electron chi connectivity index (χ4n) is 3.12. The van der Waals surface area contributed by atoms with Crippen molar-refractivity contribution in [3.8, 4) is 11.1 Å². The predicted molar refractivity (Wildman–Crippen MR) is 106 cm³/mol. The van der Waals surface area contributed by atoms with Crippen molar-refractivity contribution < 1.29 is 9.18 Å². The minimum absolute atomic E-state index is 0.125. The van der Waals surface area contributed by atoms with Crippen LogP contribution in [0.5, 0.6) is 0 Å². The first kappa shape index (κ1) is 17.9. The van der Waals surface area contributed by atoms with Gasteiger partial charge in [-0.05, 0) is 48.2 Å². The third kappa shape index (κ3) is 3.91. The van der Waals surface area contributed by atoms with E-state index in [0.29, 0.717) is 23.2 Å². The van der Waals surface area contributed by atoms with Gasteiger partial charge in [-0.25, -0.2) is 4.39 Å². The van der Waals surface area contributed by atoms with Gasteiger partial charge in [-0.2, -0.15) is 15.4 Å². The molecule has 1 aromatic heterocycles. The van der Waals surface area contributed by atoms with Crippen molar-refractivity contribution in [2.75, 3.05) is 6.54 Å². The first-order valence-corrected chi connectivity index (χ1v) is 9.13. The number of carbonyl (C=O) groups excluding carboxylic acids is 1. The highest BCUT2D eigenvalue weighted by Gasteiger charge is 2.08. The van der Waals surface area contributed by atoms with Crippen LogP contribution in [-0.4, -0.2) is 27.9 Å². The van der Waals surface area contributed by atoms with Gasteiger partial charge in [0.2, 0.25) is 0 Å². The molecule has 28 heavy (non-hydrogen) atoms. The lowest BCUT2D eigenvalue weighted by atomic mass is 10.0. The summed E-state index contributed by atoms with van der Waals surface area (Å²) < 4.78 is 13.9. The van der Waals surface area contributed by atoms with Crippen LogP contribution in [0.1, 0.15) is 22.3 Å². The Balaban J connectivity index is 1.29. The van der Waals surface area contributed by atoms with E-state index in [2.05, 4.69) is 20.7 Å². The van der Waals surface area contributed by atoms with Crippen LogP contribution in [0.15, 0.2) is 66.7 Å². The Morgan fingerprint density at radius 1 is 0.964 bits per heavy atom. The molecule has 4 rings (SSSR count). The molecule has 0 saturated heterocycles. The molecular formula is C22H19FN4O. The molecule has 0 radical (unpaired) electrons. The van der Waals surface area contributed by atoms with Gasteiger partial charge >= 0.3 is 0 Å². The van der Waals surface area contributed by atoms with E-state index in [4.69, 9.17) is 0 Å². The van der Waals surface area contributed by atoms with Crippen molar-refractivity contribution in [3.63, 3.8) is 0 Å². The number of fused-ring (bicyclic) bond motifs is 1. The van der Waals surface area contributed by atoms with Crippen LogP contribution < -0.4 is 5.32 Å². The Morgan fingerprint density at radius 3 is 2.57 bits per heavy atom. The zero-order valence-electron chi connectivity index (χ0n) is 15.2. The summed E-state index contributed by atoms with van der Waals surface area (Å²) in [4.78, 5) is 12.3. The maximum Gasteiger partial charge on any atom is 0.251 e. The predicted octanol–water partition coefficient (Wildman–Crippen LogP) is 4.13. The summed E-state index contributed by atoms with van der Waals surface area (Å²) in [5.74, 6) is -0.346. The average molecular weight is 374 g/mol. The molecule has 3 aromatic carbocycles. The first-order valence-electron chi connectivity index (χ1n) is 9.13. The monoisotopic (exact) mass is 374 g/mol. The fourth-order valence-corrected chi connectivity index (χ4v) is 3.12. The van der Waals surface area contributed by atoms with Crippen molar-refractivity contribution in [1.82, 2.24) is 20.7 Å². The second-order valence-corrected chi connectivity index (χ2v) is 6.56. The number of nitrogens with one attached hydrogen (secondary N) is 2. The van der Waals surface area contributed by atoms with Gasteiger partial charge < -0.3 is 5.32 Å². The molecule has 0 unspecified atom stereocenters. The second kappa shape index (κ2) is 8.00. The van der Waals surface area contributed by atoms with Crippen molar-refractivity contribution in [1.29, 1.82) is 0 Å². The lowest BCUT2D eigenvalue weighted by Gasteiger charge is -2.07. The van der Waals surface area contributed by atoms with Crippen LogP contribution in [0.25, 0.3) is 22.2 Å². The molecule has 6 heteroatoms. The Morgan fingerprint density at radius 2 is 1.75 bits per heavy atom. The summed E-state index contributed by atoms with van der Waals surface area (Å²) in [6, 6.07) is 19.8. The number of aromatic amines is 1. The standard InChI is InChI=1S/C22H19FN4O/c23-19-6-2-1-5-18(19)16-9-7-15(8-10-16)4-3-13-24-22(28)17-11-12-20-21(14-17)26-27-25-20/h1-2,5-12,14H,3-4,13H2,(H,24,28)(H,25,26,27). The highest BCUT2D eigenvalue weighted by atomic mass is 19.1. The van der Waals surface area contributed by atoms with E-state index in [1.807, 2.05) is 30.3 Å². The minimum atomic E-state index is -0.221. The molecular weight excluding hydrogens is 355 g/mol. The molecule has 0 spiro atoms. The molecule has 1 amide bonds. The van der Waals surface area contributed by atoms with E-state index in [0.717, 1.165) is 29.5 Å². The number of aryl methyl sites for hydroxylation is 1. The molecule has 140 valence electrons. The largest absolute Gasteiger partial charge is 0.352 e. The van der Waals surface area contributed by atoms with Gasteiger partial charge in [-0.1, -0.05) is 42.5 Å². The van der Waals surface area contributed by atoms with Crippen molar-refractivity contribution in [2.24, 2.45) is 0 Å². The van der Waals surface area contributed by atoms with E-state index < -0.39 is 0 Å². The van der Waals surface area contributed by atoms with Gasteiger partial charge in [0, 0.05) is 17.7 Å². The van der Waals surface area contributed by atoms with Gasteiger partial charge in [-0.15, -0.1) is 0 Å². The van der Waals surface area contributed by atoms with Crippen LogP contribution in [0.4, 0.5) is 4.39 Å². The third-order valence-electron chi connectivity index (χ3n) is 4.65. The van der Waals surface area contributed by atoms with Crippen LogP contribution in [0.2, 0.25) is 0 Å². The molecule has 0 aliphatic rings. The SMILES string of the molecule is O=C(NCCCc1ccc(-c2ccccc2F)cc1)c1ccc2n[nH]nc2c1. The molecule has 5 nitrogen and oxygen atoms in total. The van der Waals surface area contributed by atoms with Crippen molar-refractivity contribution in [3.05, 3.63) is 83.7 Å². The molecule has 2 N–H and O–H groups in total. The quantitative estimate of drug-likeness (QED) is 0.499. The molecule has 0 aliphatic carbocycles. The molecule has 1 heterocycles. The number of rotatable bonds is 6. The molecule has 0 aliphatic heterocycles. The number of amides is 1. The number of nitrogens with zero attached hydrogens (tertiary/aromatic N) is 2. The van der Waals surface area contributed by atoms with E-state index in [1.54, 1.807) is 30.3 Å². The average Bonchev–Trinajstić information content (AvgIpc) is 3.20. The van der Waals surface area contributed by atoms with Crippen LogP contribution >= 0.6 is 0 Å². The number of carbonyl (C=O) groups is 1. The molecule has 0 bridgehead atoms.